The zero-order valence-corrected chi connectivity index (χ0v) is 18.6. The lowest BCUT2D eigenvalue weighted by Gasteiger charge is -2.35. The van der Waals surface area contributed by atoms with Gasteiger partial charge in [-0.3, -0.25) is 9.69 Å². The van der Waals surface area contributed by atoms with Gasteiger partial charge in [0.2, 0.25) is 0 Å². The average molecular weight is 467 g/mol. The number of aliphatic hydroxyl groups excluding tert-OH is 1. The Morgan fingerprint density at radius 3 is 2.48 bits per heavy atom. The van der Waals surface area contributed by atoms with Crippen LogP contribution in [0.3, 0.4) is 0 Å². The number of halogens is 3. The molecule has 1 fully saturated rings. The van der Waals surface area contributed by atoms with Gasteiger partial charge in [-0.25, -0.2) is 0 Å². The van der Waals surface area contributed by atoms with Crippen molar-refractivity contribution in [3.05, 3.63) is 65.2 Å². The summed E-state index contributed by atoms with van der Waals surface area (Å²) in [4.78, 5) is 14.7. The Labute approximate surface area is 191 Å². The fraction of sp³-hybridized carbons (Fsp3) is 0.458. The van der Waals surface area contributed by atoms with Gasteiger partial charge in [-0.1, -0.05) is 18.2 Å². The molecule has 33 heavy (non-hydrogen) atoms. The van der Waals surface area contributed by atoms with Crippen molar-refractivity contribution in [2.45, 2.75) is 44.9 Å². The van der Waals surface area contributed by atoms with Gasteiger partial charge in [-0.2, -0.15) is 13.2 Å². The van der Waals surface area contributed by atoms with Gasteiger partial charge in [-0.15, -0.1) is 0 Å². The smallest absolute Gasteiger partial charge is 0.416 e. The minimum absolute atomic E-state index is 0.00477. The molecule has 0 spiro atoms. The molecule has 1 aliphatic rings. The fourth-order valence-electron chi connectivity index (χ4n) is 3.76. The van der Waals surface area contributed by atoms with Crippen LogP contribution in [-0.4, -0.2) is 60.5 Å². The third-order valence-electron chi connectivity index (χ3n) is 5.22. The second kappa shape index (κ2) is 11.0. The van der Waals surface area contributed by atoms with Crippen molar-refractivity contribution >= 4 is 5.91 Å². The van der Waals surface area contributed by atoms with Crippen LogP contribution in [0.15, 0.2) is 48.5 Å². The molecule has 0 bridgehead atoms. The minimum atomic E-state index is -4.47. The minimum Gasteiger partial charge on any atom is -0.491 e. The lowest BCUT2D eigenvalue weighted by Crippen LogP contribution is -2.44. The number of alkyl halides is 3. The summed E-state index contributed by atoms with van der Waals surface area (Å²) in [6.07, 6.45) is -5.18. The predicted molar refractivity (Wildman–Crippen MR) is 117 cm³/mol. The number of amides is 1. The maximum absolute atomic E-state index is 12.8. The first-order valence-electron chi connectivity index (χ1n) is 10.8. The number of carbonyl (C=O) groups excluding carboxylic acids is 1. The quantitative estimate of drug-likeness (QED) is 0.624. The van der Waals surface area contributed by atoms with E-state index >= 15 is 0 Å². The van der Waals surface area contributed by atoms with E-state index in [2.05, 4.69) is 24.1 Å². The largest absolute Gasteiger partial charge is 0.491 e. The number of ether oxygens (including phenoxy) is 2. The van der Waals surface area contributed by atoms with E-state index in [1.807, 2.05) is 12.1 Å². The zero-order chi connectivity index (χ0) is 24.0. The Hall–Kier alpha value is -2.62. The summed E-state index contributed by atoms with van der Waals surface area (Å²) < 4.78 is 49.2. The Balaban J connectivity index is 1.43. The van der Waals surface area contributed by atoms with Crippen LogP contribution in [0.4, 0.5) is 13.2 Å². The van der Waals surface area contributed by atoms with Gasteiger partial charge in [0.15, 0.2) is 0 Å². The average Bonchev–Trinajstić information content (AvgIpc) is 2.75. The lowest BCUT2D eigenvalue weighted by molar-refractivity contribution is -0.137. The summed E-state index contributed by atoms with van der Waals surface area (Å²) >= 11 is 0. The molecule has 0 aromatic heterocycles. The maximum Gasteiger partial charge on any atom is 0.416 e. The van der Waals surface area contributed by atoms with E-state index in [-0.39, 0.29) is 37.0 Å². The van der Waals surface area contributed by atoms with E-state index in [4.69, 9.17) is 9.47 Å². The summed E-state index contributed by atoms with van der Waals surface area (Å²) in [6, 6.07) is 11.7. The van der Waals surface area contributed by atoms with Crippen LogP contribution in [0.25, 0.3) is 0 Å². The molecule has 1 saturated heterocycles. The molecule has 2 aromatic carbocycles. The van der Waals surface area contributed by atoms with Gasteiger partial charge < -0.3 is 19.9 Å². The normalized spacial score (nSPS) is 20.3. The van der Waals surface area contributed by atoms with Crippen molar-refractivity contribution in [2.75, 3.05) is 26.2 Å². The highest BCUT2D eigenvalue weighted by Crippen LogP contribution is 2.31. The van der Waals surface area contributed by atoms with Crippen molar-refractivity contribution in [3.8, 4) is 5.75 Å². The van der Waals surface area contributed by atoms with Gasteiger partial charge >= 0.3 is 6.18 Å². The van der Waals surface area contributed by atoms with Crippen LogP contribution >= 0.6 is 0 Å². The van der Waals surface area contributed by atoms with Crippen LogP contribution in [0.5, 0.6) is 5.75 Å². The molecule has 1 amide bonds. The zero-order valence-electron chi connectivity index (χ0n) is 18.6. The first kappa shape index (κ1) is 25.0. The predicted octanol–water partition coefficient (Wildman–Crippen LogP) is 3.48. The number of carbonyl (C=O) groups is 1. The molecule has 2 N–H and O–H groups in total. The van der Waals surface area contributed by atoms with Crippen LogP contribution in [-0.2, 0) is 17.5 Å². The molecule has 3 atom stereocenters. The fourth-order valence-corrected chi connectivity index (χ4v) is 3.76. The summed E-state index contributed by atoms with van der Waals surface area (Å²) in [5.41, 5.74) is 0.708. The second-order valence-corrected chi connectivity index (χ2v) is 8.35. The van der Waals surface area contributed by atoms with Crippen molar-refractivity contribution in [2.24, 2.45) is 0 Å². The highest BCUT2D eigenvalue weighted by Gasteiger charge is 2.30. The van der Waals surface area contributed by atoms with E-state index < -0.39 is 17.8 Å². The standard InChI is InChI=1S/C24H29F3N2O4/c1-16-12-29(13-17(2)33-16)14-18-6-8-19(9-7-18)23(31)28-11-21(30)15-32-22-5-3-4-20(10-22)24(25,26)27/h3-10,16-17,21,30H,11-15H2,1-2H3,(H,28,31). The van der Waals surface area contributed by atoms with Crippen LogP contribution in [0.1, 0.15) is 35.3 Å². The van der Waals surface area contributed by atoms with Crippen LogP contribution in [0, 0.1) is 0 Å². The Kier molecular flexibility index (Phi) is 8.34. The molecule has 180 valence electrons. The Bertz CT molecular complexity index is 911. The van der Waals surface area contributed by atoms with Crippen molar-refractivity contribution in [1.82, 2.24) is 10.2 Å². The summed E-state index contributed by atoms with van der Waals surface area (Å²) in [6.45, 7) is 6.23. The van der Waals surface area contributed by atoms with Crippen molar-refractivity contribution in [1.29, 1.82) is 0 Å². The lowest BCUT2D eigenvalue weighted by atomic mass is 10.1. The van der Waals surface area contributed by atoms with Gasteiger partial charge in [0, 0.05) is 31.7 Å². The molecule has 9 heteroatoms. The molecule has 2 aromatic rings. The number of nitrogens with one attached hydrogen (secondary N) is 1. The molecule has 1 aliphatic heterocycles. The molecule has 0 radical (unpaired) electrons. The van der Waals surface area contributed by atoms with E-state index in [9.17, 15) is 23.1 Å². The molecule has 0 saturated carbocycles. The van der Waals surface area contributed by atoms with Gasteiger partial charge in [0.1, 0.15) is 18.5 Å². The monoisotopic (exact) mass is 466 g/mol. The number of aliphatic hydroxyl groups is 1. The number of hydrogen-bond acceptors (Lipinski definition) is 5. The summed E-state index contributed by atoms with van der Waals surface area (Å²) in [7, 11) is 0. The van der Waals surface area contributed by atoms with Crippen LogP contribution < -0.4 is 10.1 Å². The molecule has 1 heterocycles. The summed E-state index contributed by atoms with van der Waals surface area (Å²) in [5, 5.41) is 12.6. The number of morpholine rings is 1. The van der Waals surface area contributed by atoms with E-state index in [0.29, 0.717) is 5.56 Å². The van der Waals surface area contributed by atoms with Crippen molar-refractivity contribution < 1.29 is 32.5 Å². The maximum atomic E-state index is 12.8. The van der Waals surface area contributed by atoms with Gasteiger partial charge in [0.25, 0.3) is 5.91 Å². The first-order chi connectivity index (χ1) is 15.6. The van der Waals surface area contributed by atoms with E-state index in [1.54, 1.807) is 12.1 Å². The van der Waals surface area contributed by atoms with Gasteiger partial charge in [-0.05, 0) is 49.7 Å². The molecule has 0 aliphatic carbocycles. The molecule has 3 unspecified atom stereocenters. The first-order valence-corrected chi connectivity index (χ1v) is 10.8. The summed E-state index contributed by atoms with van der Waals surface area (Å²) in [5.74, 6) is -0.358. The number of benzene rings is 2. The van der Waals surface area contributed by atoms with Gasteiger partial charge in [0.05, 0.1) is 17.8 Å². The molecular formula is C24H29F3N2O4. The van der Waals surface area contributed by atoms with Crippen LogP contribution in [0.2, 0.25) is 0 Å². The van der Waals surface area contributed by atoms with E-state index in [1.165, 1.54) is 12.1 Å². The number of nitrogens with zero attached hydrogens (tertiary/aromatic N) is 1. The topological polar surface area (TPSA) is 71.0 Å². The molecule has 3 rings (SSSR count). The molecule has 6 nitrogen and oxygen atoms in total. The number of hydrogen-bond donors (Lipinski definition) is 2. The second-order valence-electron chi connectivity index (χ2n) is 8.35. The molecular weight excluding hydrogens is 437 g/mol. The SMILES string of the molecule is CC1CN(Cc2ccc(C(=O)NCC(O)COc3cccc(C(F)(F)F)c3)cc2)CC(C)O1. The Morgan fingerprint density at radius 1 is 1.18 bits per heavy atom. The highest BCUT2D eigenvalue weighted by molar-refractivity contribution is 5.94. The Morgan fingerprint density at radius 2 is 1.85 bits per heavy atom. The van der Waals surface area contributed by atoms with E-state index in [0.717, 1.165) is 37.3 Å². The number of rotatable bonds is 8. The van der Waals surface area contributed by atoms with Crippen molar-refractivity contribution in [3.63, 3.8) is 0 Å². The third kappa shape index (κ3) is 7.73. The highest BCUT2D eigenvalue weighted by atomic mass is 19.4. The third-order valence-corrected chi connectivity index (χ3v) is 5.22.